The summed E-state index contributed by atoms with van der Waals surface area (Å²) in [5.74, 6) is 0.858. The van der Waals surface area contributed by atoms with Crippen molar-refractivity contribution >= 4 is 17.2 Å². The standard InChI is InChI=1S/C24H32N2O/c1-15-10-11-16(24(15,4)5)12-19-22-20(13-23(2,3)14-21(22)27)26-18-9-7-6-8-17(18)25-19/h6-10,16,19,25-26H,11-14H2,1-5H3/t16-,19-/m1/s1. The van der Waals surface area contributed by atoms with Gasteiger partial charge >= 0.3 is 0 Å². The van der Waals surface area contributed by atoms with Gasteiger partial charge in [-0.05, 0) is 55.1 Å². The van der Waals surface area contributed by atoms with Gasteiger partial charge in [-0.25, -0.2) is 0 Å². The predicted octanol–water partition coefficient (Wildman–Crippen LogP) is 5.92. The lowest BCUT2D eigenvalue weighted by Crippen LogP contribution is -2.37. The van der Waals surface area contributed by atoms with E-state index in [2.05, 4.69) is 75.6 Å². The van der Waals surface area contributed by atoms with Crippen molar-refractivity contribution in [3.63, 3.8) is 0 Å². The van der Waals surface area contributed by atoms with E-state index < -0.39 is 0 Å². The largest absolute Gasteiger partial charge is 0.376 e. The molecule has 3 heteroatoms. The molecule has 27 heavy (non-hydrogen) atoms. The summed E-state index contributed by atoms with van der Waals surface area (Å²) >= 11 is 0. The molecule has 0 fully saturated rings. The monoisotopic (exact) mass is 364 g/mol. The fourth-order valence-corrected chi connectivity index (χ4v) is 5.04. The SMILES string of the molecule is CC1=CC[C@H](C[C@H]2Nc3ccccc3NC3=C2C(=O)CC(C)(C)C3)C1(C)C. The summed E-state index contributed by atoms with van der Waals surface area (Å²) in [6, 6.07) is 8.41. The molecule has 0 unspecified atom stereocenters. The summed E-state index contributed by atoms with van der Waals surface area (Å²) in [6.45, 7) is 11.3. The van der Waals surface area contributed by atoms with Crippen molar-refractivity contribution in [2.24, 2.45) is 16.7 Å². The first-order valence-corrected chi connectivity index (χ1v) is 10.2. The average Bonchev–Trinajstić information content (AvgIpc) is 2.74. The number of carbonyl (C=O) groups excluding carboxylic acids is 1. The minimum atomic E-state index is 0.0114. The highest BCUT2D eigenvalue weighted by molar-refractivity contribution is 6.00. The Morgan fingerprint density at radius 2 is 1.78 bits per heavy atom. The van der Waals surface area contributed by atoms with Gasteiger partial charge in [-0.3, -0.25) is 4.79 Å². The zero-order valence-electron chi connectivity index (χ0n) is 17.3. The Bertz CT molecular complexity index is 844. The summed E-state index contributed by atoms with van der Waals surface area (Å²) in [5, 5.41) is 7.35. The lowest BCUT2D eigenvalue weighted by Gasteiger charge is -2.37. The highest BCUT2D eigenvalue weighted by Crippen LogP contribution is 2.48. The smallest absolute Gasteiger partial charge is 0.163 e. The summed E-state index contributed by atoms with van der Waals surface area (Å²) in [5.41, 5.74) is 5.98. The lowest BCUT2D eigenvalue weighted by atomic mass is 9.70. The quantitative estimate of drug-likeness (QED) is 0.640. The van der Waals surface area contributed by atoms with Crippen molar-refractivity contribution < 1.29 is 4.79 Å². The number of fused-ring (bicyclic) bond motifs is 1. The topological polar surface area (TPSA) is 41.1 Å². The molecule has 3 aliphatic rings. The van der Waals surface area contributed by atoms with Crippen molar-refractivity contribution in [2.45, 2.75) is 66.3 Å². The minimum absolute atomic E-state index is 0.0114. The van der Waals surface area contributed by atoms with E-state index in [0.717, 1.165) is 41.9 Å². The number of rotatable bonds is 2. The van der Waals surface area contributed by atoms with Crippen LogP contribution in [0.3, 0.4) is 0 Å². The summed E-state index contributed by atoms with van der Waals surface area (Å²) in [7, 11) is 0. The van der Waals surface area contributed by atoms with Gasteiger partial charge in [0.05, 0.1) is 17.4 Å². The number of carbonyl (C=O) groups is 1. The fourth-order valence-electron chi connectivity index (χ4n) is 5.04. The number of allylic oxidation sites excluding steroid dienone is 3. The fraction of sp³-hybridized carbons (Fsp3) is 0.542. The van der Waals surface area contributed by atoms with E-state index in [0.29, 0.717) is 18.1 Å². The van der Waals surface area contributed by atoms with Crippen molar-refractivity contribution in [3.05, 3.63) is 47.2 Å². The van der Waals surface area contributed by atoms with Crippen molar-refractivity contribution in [2.75, 3.05) is 10.6 Å². The molecular weight excluding hydrogens is 332 g/mol. The van der Waals surface area contributed by atoms with Gasteiger partial charge in [-0.15, -0.1) is 0 Å². The predicted molar refractivity (Wildman–Crippen MR) is 113 cm³/mol. The number of benzene rings is 1. The summed E-state index contributed by atoms with van der Waals surface area (Å²) < 4.78 is 0. The van der Waals surface area contributed by atoms with Crippen molar-refractivity contribution in [3.8, 4) is 0 Å². The normalized spacial score (nSPS) is 28.5. The molecule has 1 aromatic rings. The molecule has 0 amide bonds. The minimum Gasteiger partial charge on any atom is -0.376 e. The molecular formula is C24H32N2O. The number of para-hydroxylation sites is 2. The molecule has 4 rings (SSSR count). The first-order chi connectivity index (χ1) is 12.7. The molecule has 3 nitrogen and oxygen atoms in total. The number of hydrogen-bond donors (Lipinski definition) is 2. The van der Waals surface area contributed by atoms with E-state index in [1.165, 1.54) is 5.57 Å². The van der Waals surface area contributed by atoms with Crippen molar-refractivity contribution in [1.82, 2.24) is 0 Å². The number of ketones is 1. The Balaban J connectivity index is 1.73. The molecule has 0 radical (unpaired) electrons. The average molecular weight is 365 g/mol. The highest BCUT2D eigenvalue weighted by atomic mass is 16.1. The van der Waals surface area contributed by atoms with Crippen LogP contribution in [-0.4, -0.2) is 11.8 Å². The first kappa shape index (κ1) is 18.3. The molecule has 2 atom stereocenters. The molecule has 0 spiro atoms. The van der Waals surface area contributed by atoms with E-state index >= 15 is 0 Å². The Kier molecular flexibility index (Phi) is 4.25. The molecule has 1 heterocycles. The maximum absolute atomic E-state index is 13.2. The van der Waals surface area contributed by atoms with Crippen LogP contribution in [-0.2, 0) is 4.79 Å². The van der Waals surface area contributed by atoms with Gasteiger partial charge in [-0.2, -0.15) is 0 Å². The third kappa shape index (κ3) is 3.22. The van der Waals surface area contributed by atoms with Crippen LogP contribution >= 0.6 is 0 Å². The van der Waals surface area contributed by atoms with Gasteiger partial charge in [-0.1, -0.05) is 51.5 Å². The molecule has 1 aliphatic heterocycles. The molecule has 2 aliphatic carbocycles. The third-order valence-electron chi connectivity index (χ3n) is 7.08. The number of anilines is 2. The first-order valence-electron chi connectivity index (χ1n) is 10.2. The second-order valence-electron chi connectivity index (χ2n) is 9.98. The van der Waals surface area contributed by atoms with Gasteiger partial charge in [0, 0.05) is 17.7 Å². The zero-order chi connectivity index (χ0) is 19.4. The molecule has 144 valence electrons. The van der Waals surface area contributed by atoms with Gasteiger partial charge in [0.2, 0.25) is 0 Å². The molecule has 0 saturated carbocycles. The van der Waals surface area contributed by atoms with Gasteiger partial charge in [0.25, 0.3) is 0 Å². The maximum atomic E-state index is 13.2. The van der Waals surface area contributed by atoms with Crippen LogP contribution in [0.5, 0.6) is 0 Å². The number of nitrogens with one attached hydrogen (secondary N) is 2. The Labute approximate surface area is 163 Å². The van der Waals surface area contributed by atoms with E-state index in [-0.39, 0.29) is 16.9 Å². The van der Waals surface area contributed by atoms with E-state index in [1.54, 1.807) is 0 Å². The second-order valence-corrected chi connectivity index (χ2v) is 9.98. The van der Waals surface area contributed by atoms with E-state index in [4.69, 9.17) is 0 Å². The molecule has 0 aromatic heterocycles. The Hall–Kier alpha value is -2.03. The van der Waals surface area contributed by atoms with Gasteiger partial charge in [0.15, 0.2) is 5.78 Å². The van der Waals surface area contributed by atoms with Crippen LogP contribution in [0.4, 0.5) is 11.4 Å². The van der Waals surface area contributed by atoms with Crippen LogP contribution in [0.2, 0.25) is 0 Å². The lowest BCUT2D eigenvalue weighted by molar-refractivity contribution is -0.118. The molecule has 0 bridgehead atoms. The highest BCUT2D eigenvalue weighted by Gasteiger charge is 2.42. The van der Waals surface area contributed by atoms with Gasteiger partial charge < -0.3 is 10.6 Å². The van der Waals surface area contributed by atoms with Crippen LogP contribution in [0.25, 0.3) is 0 Å². The summed E-state index contributed by atoms with van der Waals surface area (Å²) in [6.07, 6.45) is 6.03. The van der Waals surface area contributed by atoms with Crippen molar-refractivity contribution in [1.29, 1.82) is 0 Å². The van der Waals surface area contributed by atoms with Crippen LogP contribution in [0.15, 0.2) is 47.2 Å². The molecule has 0 saturated heterocycles. The second kappa shape index (κ2) is 6.25. The zero-order valence-corrected chi connectivity index (χ0v) is 17.3. The van der Waals surface area contributed by atoms with Crippen LogP contribution in [0.1, 0.15) is 60.3 Å². The third-order valence-corrected chi connectivity index (χ3v) is 7.08. The number of hydrogen-bond acceptors (Lipinski definition) is 3. The van der Waals surface area contributed by atoms with Crippen LogP contribution < -0.4 is 10.6 Å². The Morgan fingerprint density at radius 3 is 2.44 bits per heavy atom. The number of Topliss-reactive ketones (excluding diaryl/α,β-unsaturated/α-hetero) is 1. The Morgan fingerprint density at radius 1 is 1.07 bits per heavy atom. The van der Waals surface area contributed by atoms with E-state index in [1.807, 2.05) is 0 Å². The van der Waals surface area contributed by atoms with E-state index in [9.17, 15) is 4.79 Å². The van der Waals surface area contributed by atoms with Gasteiger partial charge in [0.1, 0.15) is 0 Å². The van der Waals surface area contributed by atoms with Crippen LogP contribution in [0, 0.1) is 16.7 Å². The molecule has 2 N–H and O–H groups in total. The summed E-state index contributed by atoms with van der Waals surface area (Å²) in [4.78, 5) is 13.2. The molecule has 1 aromatic carbocycles. The maximum Gasteiger partial charge on any atom is 0.163 e.